The van der Waals surface area contributed by atoms with Gasteiger partial charge in [-0.2, -0.15) is 0 Å². The van der Waals surface area contributed by atoms with Gasteiger partial charge in [-0.3, -0.25) is 4.79 Å². The van der Waals surface area contributed by atoms with E-state index in [0.717, 1.165) is 22.8 Å². The normalized spacial score (nSPS) is 12.5. The van der Waals surface area contributed by atoms with Crippen LogP contribution in [0.4, 0.5) is 5.69 Å². The highest BCUT2D eigenvalue weighted by Gasteiger charge is 2.13. The van der Waals surface area contributed by atoms with Crippen LogP contribution >= 0.6 is 11.3 Å². The molecular formula is C21H31N5O2S. The molecule has 1 atom stereocenters. The molecule has 0 spiro atoms. The summed E-state index contributed by atoms with van der Waals surface area (Å²) < 4.78 is 5.32. The van der Waals surface area contributed by atoms with E-state index in [0.29, 0.717) is 19.0 Å². The Morgan fingerprint density at radius 2 is 2.17 bits per heavy atom. The number of aryl methyl sites for hydroxylation is 1. The monoisotopic (exact) mass is 417 g/mol. The van der Waals surface area contributed by atoms with E-state index in [1.807, 2.05) is 55.4 Å². The van der Waals surface area contributed by atoms with Crippen LogP contribution in [-0.4, -0.2) is 49.0 Å². The minimum Gasteiger partial charge on any atom is -0.375 e. The number of anilines is 1. The molecule has 0 saturated carbocycles. The fourth-order valence-electron chi connectivity index (χ4n) is 2.69. The maximum atomic E-state index is 12.3. The first-order valence-electron chi connectivity index (χ1n) is 9.82. The van der Waals surface area contributed by atoms with Crippen LogP contribution in [0.2, 0.25) is 0 Å². The lowest BCUT2D eigenvalue weighted by molar-refractivity contribution is -0.114. The zero-order valence-corrected chi connectivity index (χ0v) is 18.7. The minimum atomic E-state index is -0.146. The van der Waals surface area contributed by atoms with Crippen LogP contribution in [0.25, 0.3) is 0 Å². The number of methoxy groups -OCH3 is 1. The number of aliphatic imine (C=N–C) groups is 1. The Morgan fingerprint density at radius 3 is 2.86 bits per heavy atom. The van der Waals surface area contributed by atoms with Crippen molar-refractivity contribution in [2.75, 3.05) is 32.6 Å². The number of thiazole rings is 1. The molecule has 2 aromatic rings. The van der Waals surface area contributed by atoms with Crippen LogP contribution in [0.1, 0.15) is 43.1 Å². The van der Waals surface area contributed by atoms with Crippen molar-refractivity contribution in [3.63, 3.8) is 0 Å². The van der Waals surface area contributed by atoms with E-state index in [4.69, 9.17) is 4.74 Å². The molecule has 1 aromatic heterocycles. The van der Waals surface area contributed by atoms with Gasteiger partial charge in [0.25, 0.3) is 0 Å². The van der Waals surface area contributed by atoms with E-state index in [1.165, 1.54) is 5.56 Å². The van der Waals surface area contributed by atoms with Gasteiger partial charge in [0.1, 0.15) is 17.7 Å². The average Bonchev–Trinajstić information content (AvgIpc) is 3.19. The zero-order valence-electron chi connectivity index (χ0n) is 17.9. The molecule has 0 saturated heterocycles. The summed E-state index contributed by atoms with van der Waals surface area (Å²) in [4.78, 5) is 23.4. The molecule has 7 nitrogen and oxygen atoms in total. The van der Waals surface area contributed by atoms with Gasteiger partial charge >= 0.3 is 0 Å². The van der Waals surface area contributed by atoms with Crippen molar-refractivity contribution in [2.45, 2.75) is 39.8 Å². The first-order valence-corrected chi connectivity index (χ1v) is 10.7. The molecule has 0 radical (unpaired) electrons. The number of ether oxygens (including phenoxy) is 1. The highest BCUT2D eigenvalue weighted by atomic mass is 32.1. The van der Waals surface area contributed by atoms with Gasteiger partial charge in [0.2, 0.25) is 5.91 Å². The quantitative estimate of drug-likeness (QED) is 0.483. The second-order valence-electron chi connectivity index (χ2n) is 6.68. The number of carbonyl (C=O) groups is 1. The van der Waals surface area contributed by atoms with Crippen molar-refractivity contribution in [1.29, 1.82) is 0 Å². The Kier molecular flexibility index (Phi) is 9.08. The van der Waals surface area contributed by atoms with Crippen molar-refractivity contribution in [2.24, 2.45) is 4.99 Å². The molecule has 1 aromatic carbocycles. The van der Waals surface area contributed by atoms with Gasteiger partial charge in [-0.05, 0) is 38.0 Å². The standard InChI is InChI=1S/C21H31N5O2S/c1-6-16-9-8-10-17(11-16)24-19(27)12-23-21(22-7-2)26(4)13-18-14-29-20(25-18)15(3)28-5/h8-11,14-15H,6-7,12-13H2,1-5H3,(H,22,23)(H,24,27). The number of rotatable bonds is 9. The Labute approximate surface area is 177 Å². The summed E-state index contributed by atoms with van der Waals surface area (Å²) in [5.74, 6) is 0.520. The van der Waals surface area contributed by atoms with Crippen LogP contribution in [0.5, 0.6) is 0 Å². The van der Waals surface area contributed by atoms with Gasteiger partial charge < -0.3 is 20.3 Å². The smallest absolute Gasteiger partial charge is 0.246 e. The summed E-state index contributed by atoms with van der Waals surface area (Å²) >= 11 is 1.58. The first-order chi connectivity index (χ1) is 14.0. The number of carbonyl (C=O) groups excluding carboxylic acids is 1. The third-order valence-electron chi connectivity index (χ3n) is 4.36. The Bertz CT molecular complexity index is 821. The lowest BCUT2D eigenvalue weighted by atomic mass is 10.1. The van der Waals surface area contributed by atoms with Crippen molar-refractivity contribution >= 4 is 28.9 Å². The molecule has 158 valence electrons. The maximum absolute atomic E-state index is 12.3. The first kappa shape index (κ1) is 22.8. The van der Waals surface area contributed by atoms with E-state index >= 15 is 0 Å². The fraction of sp³-hybridized carbons (Fsp3) is 0.476. The topological polar surface area (TPSA) is 78.9 Å². The predicted molar refractivity (Wildman–Crippen MR) is 119 cm³/mol. The number of amides is 1. The molecule has 1 unspecified atom stereocenters. The van der Waals surface area contributed by atoms with Crippen LogP contribution < -0.4 is 10.6 Å². The number of nitrogens with zero attached hydrogens (tertiary/aromatic N) is 3. The lowest BCUT2D eigenvalue weighted by Crippen LogP contribution is -2.39. The predicted octanol–water partition coefficient (Wildman–Crippen LogP) is 3.45. The summed E-state index contributed by atoms with van der Waals surface area (Å²) in [5.41, 5.74) is 2.93. The SMILES string of the molecule is CCNC(=NCC(=O)Nc1cccc(CC)c1)N(C)Cc1csc(C(C)OC)n1. The van der Waals surface area contributed by atoms with E-state index in [9.17, 15) is 4.79 Å². The molecule has 0 fully saturated rings. The summed E-state index contributed by atoms with van der Waals surface area (Å²) in [6.07, 6.45) is 0.912. The van der Waals surface area contributed by atoms with Crippen molar-refractivity contribution < 1.29 is 9.53 Å². The third kappa shape index (κ3) is 7.14. The van der Waals surface area contributed by atoms with Crippen molar-refractivity contribution in [3.05, 3.63) is 45.9 Å². The van der Waals surface area contributed by atoms with E-state index in [-0.39, 0.29) is 18.6 Å². The Morgan fingerprint density at radius 1 is 1.38 bits per heavy atom. The van der Waals surface area contributed by atoms with Crippen LogP contribution in [0.15, 0.2) is 34.6 Å². The van der Waals surface area contributed by atoms with Gasteiger partial charge in [0, 0.05) is 31.8 Å². The Hall–Kier alpha value is -2.45. The van der Waals surface area contributed by atoms with Gasteiger partial charge in [0.05, 0.1) is 12.2 Å². The largest absolute Gasteiger partial charge is 0.375 e. The molecule has 1 heterocycles. The van der Waals surface area contributed by atoms with Gasteiger partial charge in [-0.15, -0.1) is 11.3 Å². The van der Waals surface area contributed by atoms with E-state index < -0.39 is 0 Å². The van der Waals surface area contributed by atoms with Gasteiger partial charge in [0.15, 0.2) is 5.96 Å². The fourth-order valence-corrected chi connectivity index (χ4v) is 3.53. The zero-order chi connectivity index (χ0) is 21.2. The van der Waals surface area contributed by atoms with E-state index in [1.54, 1.807) is 18.4 Å². The highest BCUT2D eigenvalue weighted by molar-refractivity contribution is 7.09. The van der Waals surface area contributed by atoms with E-state index in [2.05, 4.69) is 27.5 Å². The molecule has 8 heteroatoms. The summed E-state index contributed by atoms with van der Waals surface area (Å²) in [6.45, 7) is 7.43. The summed E-state index contributed by atoms with van der Waals surface area (Å²) in [6, 6.07) is 7.87. The highest BCUT2D eigenvalue weighted by Crippen LogP contribution is 2.21. The molecule has 2 N–H and O–H groups in total. The second kappa shape index (κ2) is 11.5. The van der Waals surface area contributed by atoms with Crippen LogP contribution in [0.3, 0.4) is 0 Å². The van der Waals surface area contributed by atoms with Crippen molar-refractivity contribution in [3.8, 4) is 0 Å². The van der Waals surface area contributed by atoms with Crippen molar-refractivity contribution in [1.82, 2.24) is 15.2 Å². The minimum absolute atomic E-state index is 0.0177. The number of hydrogen-bond acceptors (Lipinski definition) is 5. The summed E-state index contributed by atoms with van der Waals surface area (Å²) in [7, 11) is 3.61. The number of nitrogens with one attached hydrogen (secondary N) is 2. The molecule has 0 aliphatic carbocycles. The Balaban J connectivity index is 1.98. The average molecular weight is 418 g/mol. The number of aromatic nitrogens is 1. The lowest BCUT2D eigenvalue weighted by Gasteiger charge is -2.21. The molecular weight excluding hydrogens is 386 g/mol. The number of hydrogen-bond donors (Lipinski definition) is 2. The van der Waals surface area contributed by atoms with Crippen LogP contribution in [-0.2, 0) is 22.5 Å². The van der Waals surface area contributed by atoms with Gasteiger partial charge in [-0.25, -0.2) is 9.98 Å². The second-order valence-corrected chi connectivity index (χ2v) is 7.57. The third-order valence-corrected chi connectivity index (χ3v) is 5.41. The molecule has 1 amide bonds. The molecule has 2 rings (SSSR count). The molecule has 0 aliphatic heterocycles. The number of benzene rings is 1. The molecule has 0 aliphatic rings. The summed E-state index contributed by atoms with van der Waals surface area (Å²) in [5, 5.41) is 9.11. The molecule has 29 heavy (non-hydrogen) atoms. The number of guanidine groups is 1. The maximum Gasteiger partial charge on any atom is 0.246 e. The van der Waals surface area contributed by atoms with Gasteiger partial charge in [-0.1, -0.05) is 19.1 Å². The van der Waals surface area contributed by atoms with Crippen LogP contribution in [0, 0.1) is 0 Å². The molecule has 0 bridgehead atoms.